The average molecular weight is 319 g/mol. The number of hydrogen-bond acceptors (Lipinski definition) is 4. The molecule has 5 heteroatoms. The molecule has 0 unspecified atom stereocenters. The summed E-state index contributed by atoms with van der Waals surface area (Å²) < 4.78 is 0. The molecular formula is C17H25N3OS. The molecule has 3 N–H and O–H groups in total. The summed E-state index contributed by atoms with van der Waals surface area (Å²) in [6.45, 7) is 3.06. The SMILES string of the molecule is Nc1cccc(C(=O)NCC2(N3CCSCC3)CCCC2)c1. The largest absolute Gasteiger partial charge is 0.399 e. The number of nitrogens with zero attached hydrogens (tertiary/aromatic N) is 1. The molecule has 2 aliphatic rings. The van der Waals surface area contributed by atoms with Crippen molar-refractivity contribution in [2.24, 2.45) is 0 Å². The van der Waals surface area contributed by atoms with Gasteiger partial charge in [-0.25, -0.2) is 0 Å². The van der Waals surface area contributed by atoms with Crippen molar-refractivity contribution >= 4 is 23.4 Å². The summed E-state index contributed by atoms with van der Waals surface area (Å²) in [5, 5.41) is 3.16. The highest BCUT2D eigenvalue weighted by atomic mass is 32.2. The van der Waals surface area contributed by atoms with Crippen LogP contribution < -0.4 is 11.1 Å². The van der Waals surface area contributed by atoms with Crippen LogP contribution in [-0.4, -0.2) is 47.5 Å². The van der Waals surface area contributed by atoms with E-state index in [1.165, 1.54) is 37.2 Å². The summed E-state index contributed by atoms with van der Waals surface area (Å²) in [6, 6.07) is 7.21. The lowest BCUT2D eigenvalue weighted by Gasteiger charge is -2.43. The fourth-order valence-electron chi connectivity index (χ4n) is 3.70. The van der Waals surface area contributed by atoms with Gasteiger partial charge in [-0.2, -0.15) is 11.8 Å². The Labute approximate surface area is 136 Å². The second-order valence-corrected chi connectivity index (χ2v) is 7.56. The Bertz CT molecular complexity index is 522. The average Bonchev–Trinajstić information content (AvgIpc) is 3.04. The smallest absolute Gasteiger partial charge is 0.251 e. The van der Waals surface area contributed by atoms with E-state index < -0.39 is 0 Å². The fourth-order valence-corrected chi connectivity index (χ4v) is 4.61. The molecule has 1 aliphatic carbocycles. The maximum absolute atomic E-state index is 12.4. The predicted octanol–water partition coefficient (Wildman–Crippen LogP) is 2.36. The van der Waals surface area contributed by atoms with E-state index in [-0.39, 0.29) is 11.4 Å². The zero-order chi connectivity index (χ0) is 15.4. The van der Waals surface area contributed by atoms with Crippen LogP contribution in [0.4, 0.5) is 5.69 Å². The molecule has 0 bridgehead atoms. The predicted molar refractivity (Wildman–Crippen MR) is 93.3 cm³/mol. The van der Waals surface area contributed by atoms with E-state index in [1.54, 1.807) is 12.1 Å². The van der Waals surface area contributed by atoms with E-state index in [1.807, 2.05) is 23.9 Å². The molecule has 1 amide bonds. The molecule has 3 rings (SSSR count). The van der Waals surface area contributed by atoms with E-state index in [0.29, 0.717) is 11.3 Å². The van der Waals surface area contributed by atoms with Gasteiger partial charge < -0.3 is 11.1 Å². The quantitative estimate of drug-likeness (QED) is 0.837. The van der Waals surface area contributed by atoms with Crippen LogP contribution in [0.5, 0.6) is 0 Å². The first-order chi connectivity index (χ1) is 10.7. The second kappa shape index (κ2) is 6.92. The number of benzene rings is 1. The molecule has 1 aliphatic heterocycles. The lowest BCUT2D eigenvalue weighted by Crippen LogP contribution is -2.56. The van der Waals surface area contributed by atoms with Crippen molar-refractivity contribution in [3.8, 4) is 0 Å². The summed E-state index contributed by atoms with van der Waals surface area (Å²) in [6.07, 6.45) is 4.96. The van der Waals surface area contributed by atoms with Crippen LogP contribution in [0.3, 0.4) is 0 Å². The van der Waals surface area contributed by atoms with E-state index in [9.17, 15) is 4.79 Å². The minimum absolute atomic E-state index is 0.00930. The van der Waals surface area contributed by atoms with Gasteiger partial charge in [-0.1, -0.05) is 18.9 Å². The first-order valence-electron chi connectivity index (χ1n) is 8.16. The molecule has 0 radical (unpaired) electrons. The van der Waals surface area contributed by atoms with Crippen molar-refractivity contribution in [1.82, 2.24) is 10.2 Å². The molecule has 0 aromatic heterocycles. The molecule has 0 spiro atoms. The Morgan fingerprint density at radius 2 is 2.00 bits per heavy atom. The number of carbonyl (C=O) groups excluding carboxylic acids is 1. The van der Waals surface area contributed by atoms with Crippen LogP contribution in [0.1, 0.15) is 36.0 Å². The summed E-state index contributed by atoms with van der Waals surface area (Å²) in [7, 11) is 0. The minimum Gasteiger partial charge on any atom is -0.399 e. The third kappa shape index (κ3) is 3.41. The fraction of sp³-hybridized carbons (Fsp3) is 0.588. The van der Waals surface area contributed by atoms with E-state index >= 15 is 0 Å². The molecule has 2 fully saturated rings. The van der Waals surface area contributed by atoms with Crippen LogP contribution in [0, 0.1) is 0 Å². The van der Waals surface area contributed by atoms with Gasteiger partial charge in [-0.05, 0) is 31.0 Å². The van der Waals surface area contributed by atoms with E-state index in [0.717, 1.165) is 19.6 Å². The summed E-state index contributed by atoms with van der Waals surface area (Å²) >= 11 is 2.04. The van der Waals surface area contributed by atoms with Crippen molar-refractivity contribution in [2.75, 3.05) is 36.9 Å². The van der Waals surface area contributed by atoms with Gasteiger partial charge in [0.15, 0.2) is 0 Å². The molecule has 120 valence electrons. The Kier molecular flexibility index (Phi) is 4.93. The van der Waals surface area contributed by atoms with E-state index in [2.05, 4.69) is 10.2 Å². The van der Waals surface area contributed by atoms with Gasteiger partial charge in [0.25, 0.3) is 5.91 Å². The standard InChI is InChI=1S/C17H25N3OS/c18-15-5-3-4-14(12-15)16(21)19-13-17(6-1-2-7-17)20-8-10-22-11-9-20/h3-5,12H,1-2,6-11,13,18H2,(H,19,21). The van der Waals surface area contributed by atoms with Crippen molar-refractivity contribution < 1.29 is 4.79 Å². The van der Waals surface area contributed by atoms with Crippen LogP contribution in [0.2, 0.25) is 0 Å². The maximum atomic E-state index is 12.4. The zero-order valence-electron chi connectivity index (χ0n) is 13.0. The second-order valence-electron chi connectivity index (χ2n) is 6.34. The van der Waals surface area contributed by atoms with Crippen molar-refractivity contribution in [3.63, 3.8) is 0 Å². The molecule has 1 saturated heterocycles. The van der Waals surface area contributed by atoms with Crippen molar-refractivity contribution in [3.05, 3.63) is 29.8 Å². The van der Waals surface area contributed by atoms with Gasteiger partial charge in [0.2, 0.25) is 0 Å². The number of thioether (sulfide) groups is 1. The number of amides is 1. The number of nitrogen functional groups attached to an aromatic ring is 1. The highest BCUT2D eigenvalue weighted by molar-refractivity contribution is 7.99. The lowest BCUT2D eigenvalue weighted by molar-refractivity contribution is 0.0817. The number of hydrogen-bond donors (Lipinski definition) is 2. The Morgan fingerprint density at radius 1 is 1.27 bits per heavy atom. The number of carbonyl (C=O) groups is 1. The number of rotatable bonds is 4. The van der Waals surface area contributed by atoms with E-state index in [4.69, 9.17) is 5.73 Å². The first kappa shape index (κ1) is 15.7. The zero-order valence-corrected chi connectivity index (χ0v) is 13.8. The Balaban J connectivity index is 1.65. The minimum atomic E-state index is -0.00930. The van der Waals surface area contributed by atoms with Crippen molar-refractivity contribution in [1.29, 1.82) is 0 Å². The van der Waals surface area contributed by atoms with Crippen LogP contribution >= 0.6 is 11.8 Å². The highest BCUT2D eigenvalue weighted by Crippen LogP contribution is 2.36. The van der Waals surface area contributed by atoms with Crippen LogP contribution in [-0.2, 0) is 0 Å². The third-order valence-corrected chi connectivity index (χ3v) is 5.89. The van der Waals surface area contributed by atoms with Gasteiger partial charge in [0, 0.05) is 47.9 Å². The molecule has 4 nitrogen and oxygen atoms in total. The lowest BCUT2D eigenvalue weighted by atomic mass is 9.94. The molecule has 1 aromatic rings. The normalized spacial score (nSPS) is 21.6. The molecule has 1 aromatic carbocycles. The first-order valence-corrected chi connectivity index (χ1v) is 9.32. The molecule has 0 atom stereocenters. The Morgan fingerprint density at radius 3 is 2.68 bits per heavy atom. The van der Waals surface area contributed by atoms with Crippen molar-refractivity contribution in [2.45, 2.75) is 31.2 Å². The number of nitrogens with two attached hydrogens (primary N) is 1. The van der Waals surface area contributed by atoms with Crippen LogP contribution in [0.15, 0.2) is 24.3 Å². The van der Waals surface area contributed by atoms with Gasteiger partial charge in [0.05, 0.1) is 0 Å². The van der Waals surface area contributed by atoms with Gasteiger partial charge in [-0.15, -0.1) is 0 Å². The molecule has 22 heavy (non-hydrogen) atoms. The third-order valence-electron chi connectivity index (χ3n) is 4.94. The van der Waals surface area contributed by atoms with Gasteiger partial charge in [0.1, 0.15) is 0 Å². The molecular weight excluding hydrogens is 294 g/mol. The number of nitrogens with one attached hydrogen (secondary N) is 1. The van der Waals surface area contributed by atoms with Crippen LogP contribution in [0.25, 0.3) is 0 Å². The van der Waals surface area contributed by atoms with Gasteiger partial charge >= 0.3 is 0 Å². The summed E-state index contributed by atoms with van der Waals surface area (Å²) in [5.74, 6) is 2.42. The number of anilines is 1. The Hall–Kier alpha value is -1.20. The molecule has 1 saturated carbocycles. The molecule has 1 heterocycles. The summed E-state index contributed by atoms with van der Waals surface area (Å²) in [4.78, 5) is 15.0. The summed E-state index contributed by atoms with van der Waals surface area (Å²) in [5.41, 5.74) is 7.23. The van der Waals surface area contributed by atoms with Gasteiger partial charge in [-0.3, -0.25) is 9.69 Å². The maximum Gasteiger partial charge on any atom is 0.251 e. The highest BCUT2D eigenvalue weighted by Gasteiger charge is 2.40. The topological polar surface area (TPSA) is 58.4 Å². The monoisotopic (exact) mass is 319 g/mol.